The topological polar surface area (TPSA) is 72.9 Å². The van der Waals surface area contributed by atoms with E-state index in [4.69, 9.17) is 9.47 Å². The number of carbonyl (C=O) groups excluding carboxylic acids is 3. The predicted octanol–water partition coefficient (Wildman–Crippen LogP) is 3.52. The van der Waals surface area contributed by atoms with Crippen LogP contribution in [0.1, 0.15) is 40.4 Å². The first kappa shape index (κ1) is 18.6. The second-order valence-electron chi connectivity index (χ2n) is 6.36. The third-order valence-electron chi connectivity index (χ3n) is 4.58. The van der Waals surface area contributed by atoms with E-state index >= 15 is 0 Å². The van der Waals surface area contributed by atoms with Gasteiger partial charge in [0.05, 0.1) is 18.7 Å². The van der Waals surface area contributed by atoms with Crippen LogP contribution in [0.5, 0.6) is 0 Å². The summed E-state index contributed by atoms with van der Waals surface area (Å²) in [5.41, 5.74) is 2.10. The van der Waals surface area contributed by atoms with Gasteiger partial charge >= 0.3 is 12.1 Å². The van der Waals surface area contributed by atoms with Crippen molar-refractivity contribution in [2.45, 2.75) is 25.5 Å². The number of esters is 1. The average molecular weight is 367 g/mol. The van der Waals surface area contributed by atoms with Gasteiger partial charge in [-0.25, -0.2) is 9.59 Å². The van der Waals surface area contributed by atoms with Crippen LogP contribution >= 0.6 is 0 Å². The van der Waals surface area contributed by atoms with Crippen LogP contribution in [0, 0.1) is 0 Å². The molecule has 1 heterocycles. The highest BCUT2D eigenvalue weighted by Gasteiger charge is 2.32. The van der Waals surface area contributed by atoms with Gasteiger partial charge in [-0.1, -0.05) is 42.5 Å². The fraction of sp³-hybridized carbons (Fsp3) is 0.286. The van der Waals surface area contributed by atoms with Gasteiger partial charge in [0.1, 0.15) is 12.4 Å². The Kier molecular flexibility index (Phi) is 5.86. The Hall–Kier alpha value is -3.15. The normalized spacial score (nSPS) is 16.7. The second-order valence-corrected chi connectivity index (χ2v) is 6.36. The lowest BCUT2D eigenvalue weighted by Gasteiger charge is -2.34. The molecule has 0 spiro atoms. The van der Waals surface area contributed by atoms with Crippen molar-refractivity contribution < 1.29 is 23.9 Å². The zero-order valence-corrected chi connectivity index (χ0v) is 15.1. The highest BCUT2D eigenvalue weighted by atomic mass is 16.6. The molecule has 1 atom stereocenters. The molecule has 0 N–H and O–H groups in total. The van der Waals surface area contributed by atoms with Gasteiger partial charge in [0.25, 0.3) is 0 Å². The van der Waals surface area contributed by atoms with Crippen molar-refractivity contribution in [2.75, 3.05) is 13.7 Å². The maximum Gasteiger partial charge on any atom is 0.410 e. The van der Waals surface area contributed by atoms with E-state index in [-0.39, 0.29) is 18.8 Å². The summed E-state index contributed by atoms with van der Waals surface area (Å²) in [6.07, 6.45) is 0.100. The minimum absolute atomic E-state index is 0.101. The van der Waals surface area contributed by atoms with Crippen molar-refractivity contribution in [1.29, 1.82) is 0 Å². The molecule has 1 saturated heterocycles. The third-order valence-corrected chi connectivity index (χ3v) is 4.58. The standard InChI is InChI=1S/C21H21NO5/c1-26-20(24)17-9-7-16(8-10-17)19-13-18(23)11-12-22(19)21(25)27-14-15-5-3-2-4-6-15/h2-10,19H,11-14H2,1H3/t19-/m1/s1. The average Bonchev–Trinajstić information content (AvgIpc) is 2.72. The lowest BCUT2D eigenvalue weighted by Crippen LogP contribution is -2.41. The summed E-state index contributed by atoms with van der Waals surface area (Å²) in [7, 11) is 1.32. The summed E-state index contributed by atoms with van der Waals surface area (Å²) in [5.74, 6) is -0.329. The summed E-state index contributed by atoms with van der Waals surface area (Å²) in [6, 6.07) is 15.8. The van der Waals surface area contributed by atoms with Crippen LogP contribution < -0.4 is 0 Å². The Balaban J connectivity index is 1.73. The first-order valence-corrected chi connectivity index (χ1v) is 8.76. The molecule has 0 saturated carbocycles. The van der Waals surface area contributed by atoms with Crippen LogP contribution in [-0.4, -0.2) is 36.4 Å². The number of hydrogen-bond acceptors (Lipinski definition) is 5. The van der Waals surface area contributed by atoms with E-state index in [0.717, 1.165) is 11.1 Å². The number of hydrogen-bond donors (Lipinski definition) is 0. The number of Topliss-reactive ketones (excluding diaryl/α,β-unsaturated/α-hetero) is 1. The summed E-state index contributed by atoms with van der Waals surface area (Å²) in [5, 5.41) is 0. The number of nitrogens with zero attached hydrogens (tertiary/aromatic N) is 1. The number of benzene rings is 2. The fourth-order valence-corrected chi connectivity index (χ4v) is 3.11. The van der Waals surface area contributed by atoms with Gasteiger partial charge in [-0.3, -0.25) is 4.79 Å². The molecule has 2 aromatic rings. The molecule has 1 aliphatic heterocycles. The second kappa shape index (κ2) is 8.49. The number of likely N-dealkylation sites (tertiary alicyclic amines) is 1. The molecule has 6 nitrogen and oxygen atoms in total. The molecule has 0 aromatic heterocycles. The first-order chi connectivity index (χ1) is 13.1. The number of ether oxygens (including phenoxy) is 2. The highest BCUT2D eigenvalue weighted by Crippen LogP contribution is 2.30. The molecule has 1 fully saturated rings. The van der Waals surface area contributed by atoms with Crippen molar-refractivity contribution in [3.8, 4) is 0 Å². The summed E-state index contributed by atoms with van der Waals surface area (Å²) >= 11 is 0. The Morgan fingerprint density at radius 3 is 2.44 bits per heavy atom. The van der Waals surface area contributed by atoms with Crippen LogP contribution in [0.2, 0.25) is 0 Å². The van der Waals surface area contributed by atoms with E-state index < -0.39 is 18.1 Å². The zero-order valence-electron chi connectivity index (χ0n) is 15.1. The lowest BCUT2D eigenvalue weighted by atomic mass is 9.94. The molecule has 27 heavy (non-hydrogen) atoms. The molecular formula is C21H21NO5. The van der Waals surface area contributed by atoms with Gasteiger partial charge in [0, 0.05) is 19.4 Å². The Morgan fingerprint density at radius 2 is 1.78 bits per heavy atom. The third kappa shape index (κ3) is 4.53. The predicted molar refractivity (Wildman–Crippen MR) is 98.1 cm³/mol. The minimum Gasteiger partial charge on any atom is -0.465 e. The van der Waals surface area contributed by atoms with Gasteiger partial charge in [-0.15, -0.1) is 0 Å². The van der Waals surface area contributed by atoms with Gasteiger partial charge < -0.3 is 14.4 Å². The number of amides is 1. The highest BCUT2D eigenvalue weighted by molar-refractivity contribution is 5.89. The van der Waals surface area contributed by atoms with E-state index in [0.29, 0.717) is 18.5 Å². The lowest BCUT2D eigenvalue weighted by molar-refractivity contribution is -0.122. The summed E-state index contributed by atoms with van der Waals surface area (Å²) in [4.78, 5) is 37.7. The van der Waals surface area contributed by atoms with Crippen LogP contribution in [0.15, 0.2) is 54.6 Å². The monoisotopic (exact) mass is 367 g/mol. The van der Waals surface area contributed by atoms with Crippen molar-refractivity contribution in [2.24, 2.45) is 0 Å². The summed E-state index contributed by atoms with van der Waals surface area (Å²) in [6.45, 7) is 0.494. The largest absolute Gasteiger partial charge is 0.465 e. The van der Waals surface area contributed by atoms with E-state index in [1.807, 2.05) is 30.3 Å². The molecule has 6 heteroatoms. The molecule has 1 amide bonds. The van der Waals surface area contributed by atoms with Crippen LogP contribution in [0.4, 0.5) is 4.79 Å². The van der Waals surface area contributed by atoms with Crippen LogP contribution in [0.25, 0.3) is 0 Å². The molecule has 140 valence electrons. The van der Waals surface area contributed by atoms with Crippen molar-refractivity contribution in [1.82, 2.24) is 4.90 Å². The number of ketones is 1. The number of rotatable bonds is 4. The Labute approximate surface area is 157 Å². The van der Waals surface area contributed by atoms with Gasteiger partial charge in [0.2, 0.25) is 0 Å². The van der Waals surface area contributed by atoms with E-state index in [1.165, 1.54) is 7.11 Å². The Bertz CT molecular complexity index is 816. The van der Waals surface area contributed by atoms with Crippen molar-refractivity contribution >= 4 is 17.8 Å². The molecule has 2 aromatic carbocycles. The van der Waals surface area contributed by atoms with Gasteiger partial charge in [-0.05, 0) is 23.3 Å². The number of piperidine rings is 1. The number of methoxy groups -OCH3 is 1. The quantitative estimate of drug-likeness (QED) is 0.773. The molecule has 0 aliphatic carbocycles. The molecule has 1 aliphatic rings. The SMILES string of the molecule is COC(=O)c1ccc([C@H]2CC(=O)CCN2C(=O)OCc2ccccc2)cc1. The molecular weight excluding hydrogens is 346 g/mol. The van der Waals surface area contributed by atoms with E-state index in [2.05, 4.69) is 0 Å². The van der Waals surface area contributed by atoms with E-state index in [9.17, 15) is 14.4 Å². The molecule has 0 radical (unpaired) electrons. The molecule has 3 rings (SSSR count). The van der Waals surface area contributed by atoms with E-state index in [1.54, 1.807) is 29.2 Å². The van der Waals surface area contributed by atoms with Gasteiger partial charge in [-0.2, -0.15) is 0 Å². The zero-order chi connectivity index (χ0) is 19.2. The van der Waals surface area contributed by atoms with Crippen molar-refractivity contribution in [3.05, 3.63) is 71.3 Å². The minimum atomic E-state index is -0.451. The Morgan fingerprint density at radius 1 is 1.07 bits per heavy atom. The van der Waals surface area contributed by atoms with Crippen LogP contribution in [0.3, 0.4) is 0 Å². The maximum atomic E-state index is 12.6. The van der Waals surface area contributed by atoms with Crippen LogP contribution in [-0.2, 0) is 20.9 Å². The fourth-order valence-electron chi connectivity index (χ4n) is 3.11. The van der Waals surface area contributed by atoms with Gasteiger partial charge in [0.15, 0.2) is 0 Å². The number of carbonyl (C=O) groups is 3. The molecule has 0 bridgehead atoms. The first-order valence-electron chi connectivity index (χ1n) is 8.76. The maximum absolute atomic E-state index is 12.6. The molecule has 0 unspecified atom stereocenters. The smallest absolute Gasteiger partial charge is 0.410 e. The van der Waals surface area contributed by atoms with Crippen molar-refractivity contribution in [3.63, 3.8) is 0 Å². The summed E-state index contributed by atoms with van der Waals surface area (Å²) < 4.78 is 10.1.